The second kappa shape index (κ2) is 8.03. The lowest BCUT2D eigenvalue weighted by Gasteiger charge is -2.35. The number of methoxy groups -OCH3 is 2. The van der Waals surface area contributed by atoms with Crippen molar-refractivity contribution in [2.45, 2.75) is 31.7 Å². The first-order valence-corrected chi connectivity index (χ1v) is 6.71. The molecule has 0 aromatic heterocycles. The largest absolute Gasteiger partial charge is 0.383 e. The van der Waals surface area contributed by atoms with Gasteiger partial charge in [0.05, 0.1) is 13.2 Å². The Balaban J connectivity index is 2.44. The number of hydrogen-bond acceptors (Lipinski definition) is 4. The molecule has 1 rings (SSSR count). The minimum atomic E-state index is 0.321. The van der Waals surface area contributed by atoms with Gasteiger partial charge in [-0.25, -0.2) is 0 Å². The van der Waals surface area contributed by atoms with E-state index in [1.54, 1.807) is 14.2 Å². The normalized spacial score (nSPS) is 24.7. The van der Waals surface area contributed by atoms with Gasteiger partial charge in [-0.3, -0.25) is 4.90 Å². The van der Waals surface area contributed by atoms with E-state index >= 15 is 0 Å². The molecule has 0 radical (unpaired) electrons. The fourth-order valence-corrected chi connectivity index (χ4v) is 2.56. The van der Waals surface area contributed by atoms with Crippen molar-refractivity contribution >= 4 is 0 Å². The molecule has 1 aliphatic rings. The summed E-state index contributed by atoms with van der Waals surface area (Å²) in [6.07, 6.45) is 3.79. The van der Waals surface area contributed by atoms with Gasteiger partial charge in [0.2, 0.25) is 0 Å². The third-order valence-electron chi connectivity index (χ3n) is 3.76. The third-order valence-corrected chi connectivity index (χ3v) is 3.76. The van der Waals surface area contributed by atoms with E-state index in [9.17, 15) is 0 Å². The summed E-state index contributed by atoms with van der Waals surface area (Å²) < 4.78 is 10.4. The van der Waals surface area contributed by atoms with Crippen LogP contribution in [0.2, 0.25) is 0 Å². The molecule has 0 aromatic carbocycles. The van der Waals surface area contributed by atoms with Crippen LogP contribution in [0.3, 0.4) is 0 Å². The van der Waals surface area contributed by atoms with E-state index in [1.807, 2.05) is 0 Å². The van der Waals surface area contributed by atoms with Crippen LogP contribution in [0, 0.1) is 0 Å². The summed E-state index contributed by atoms with van der Waals surface area (Å²) in [7, 11) is 3.52. The molecule has 0 saturated carbocycles. The van der Waals surface area contributed by atoms with Gasteiger partial charge in [0.15, 0.2) is 0 Å². The molecule has 1 N–H and O–H groups in total. The molecule has 0 aromatic rings. The highest BCUT2D eigenvalue weighted by atomic mass is 16.5. The van der Waals surface area contributed by atoms with E-state index in [1.165, 1.54) is 19.3 Å². The first-order chi connectivity index (χ1) is 8.26. The lowest BCUT2D eigenvalue weighted by atomic mass is 9.93. The highest BCUT2D eigenvalue weighted by Crippen LogP contribution is 2.24. The maximum absolute atomic E-state index is 5.18. The molecule has 1 fully saturated rings. The summed E-state index contributed by atoms with van der Waals surface area (Å²) in [5, 5.41) is 3.68. The molecule has 4 heteroatoms. The minimum absolute atomic E-state index is 0.321. The molecule has 17 heavy (non-hydrogen) atoms. The number of nitrogens with one attached hydrogen (secondary N) is 1. The number of hydrogen-bond donors (Lipinski definition) is 1. The second-order valence-corrected chi connectivity index (χ2v) is 4.93. The van der Waals surface area contributed by atoms with Gasteiger partial charge >= 0.3 is 0 Å². The van der Waals surface area contributed by atoms with Crippen LogP contribution in [-0.4, -0.2) is 64.1 Å². The Labute approximate surface area is 106 Å². The summed E-state index contributed by atoms with van der Waals surface area (Å²) in [5.74, 6) is 0. The smallest absolute Gasteiger partial charge is 0.0589 e. The summed E-state index contributed by atoms with van der Waals surface area (Å²) >= 11 is 0. The third kappa shape index (κ3) is 4.92. The van der Waals surface area contributed by atoms with Gasteiger partial charge in [0.25, 0.3) is 0 Å². The fourth-order valence-electron chi connectivity index (χ4n) is 2.56. The summed E-state index contributed by atoms with van der Waals surface area (Å²) in [6, 6.07) is 0. The van der Waals surface area contributed by atoms with E-state index in [4.69, 9.17) is 9.47 Å². The molecule has 102 valence electrons. The molecule has 1 saturated heterocycles. The van der Waals surface area contributed by atoms with Crippen molar-refractivity contribution in [1.82, 2.24) is 10.2 Å². The van der Waals surface area contributed by atoms with Gasteiger partial charge < -0.3 is 14.8 Å². The Morgan fingerprint density at radius 2 is 1.82 bits per heavy atom. The Kier molecular flexibility index (Phi) is 7.04. The van der Waals surface area contributed by atoms with Crippen molar-refractivity contribution in [3.8, 4) is 0 Å². The quantitative estimate of drug-likeness (QED) is 0.659. The first kappa shape index (κ1) is 14.9. The predicted octanol–water partition coefficient (Wildman–Crippen LogP) is 1.11. The van der Waals surface area contributed by atoms with Crippen molar-refractivity contribution in [3.63, 3.8) is 0 Å². The van der Waals surface area contributed by atoms with Crippen LogP contribution in [0.1, 0.15) is 26.2 Å². The molecule has 0 aliphatic carbocycles. The van der Waals surface area contributed by atoms with Crippen molar-refractivity contribution in [1.29, 1.82) is 0 Å². The van der Waals surface area contributed by atoms with Crippen LogP contribution in [0.15, 0.2) is 0 Å². The van der Waals surface area contributed by atoms with Crippen molar-refractivity contribution < 1.29 is 9.47 Å². The Morgan fingerprint density at radius 3 is 2.24 bits per heavy atom. The standard InChI is InChI=1S/C13H28N2O2/c1-4-13(6-5-7-14-13)12-15(8-10-16-2)9-11-17-3/h14H,4-12H2,1-3H3. The molecule has 1 aliphatic heterocycles. The second-order valence-electron chi connectivity index (χ2n) is 4.93. The van der Waals surface area contributed by atoms with Gasteiger partial charge in [0.1, 0.15) is 0 Å². The lowest BCUT2D eigenvalue weighted by Crippen LogP contribution is -2.50. The number of ether oxygens (including phenoxy) is 2. The minimum Gasteiger partial charge on any atom is -0.383 e. The Hall–Kier alpha value is -0.160. The highest BCUT2D eigenvalue weighted by molar-refractivity contribution is 4.94. The van der Waals surface area contributed by atoms with Crippen LogP contribution in [0.25, 0.3) is 0 Å². The molecule has 0 bridgehead atoms. The van der Waals surface area contributed by atoms with Gasteiger partial charge in [-0.2, -0.15) is 0 Å². The van der Waals surface area contributed by atoms with E-state index < -0.39 is 0 Å². The summed E-state index contributed by atoms with van der Waals surface area (Å²) in [4.78, 5) is 2.45. The average molecular weight is 244 g/mol. The van der Waals surface area contributed by atoms with E-state index in [0.717, 1.165) is 39.4 Å². The van der Waals surface area contributed by atoms with Gasteiger partial charge in [-0.05, 0) is 25.8 Å². The van der Waals surface area contributed by atoms with Crippen molar-refractivity contribution in [2.75, 3.05) is 53.6 Å². The van der Waals surface area contributed by atoms with Crippen LogP contribution in [-0.2, 0) is 9.47 Å². The van der Waals surface area contributed by atoms with Gasteiger partial charge in [-0.1, -0.05) is 6.92 Å². The lowest BCUT2D eigenvalue weighted by molar-refractivity contribution is 0.0936. The van der Waals surface area contributed by atoms with Crippen LogP contribution >= 0.6 is 0 Å². The fraction of sp³-hybridized carbons (Fsp3) is 1.00. The van der Waals surface area contributed by atoms with E-state index in [2.05, 4.69) is 17.1 Å². The molecule has 4 nitrogen and oxygen atoms in total. The number of rotatable bonds is 9. The first-order valence-electron chi connectivity index (χ1n) is 6.71. The zero-order valence-corrected chi connectivity index (χ0v) is 11.6. The van der Waals surface area contributed by atoms with Crippen LogP contribution in [0.4, 0.5) is 0 Å². The molecule has 0 spiro atoms. The van der Waals surface area contributed by atoms with E-state index in [-0.39, 0.29) is 0 Å². The van der Waals surface area contributed by atoms with Crippen molar-refractivity contribution in [3.05, 3.63) is 0 Å². The molecule has 0 amide bonds. The molecular formula is C13H28N2O2. The molecule has 1 heterocycles. The number of nitrogens with zero attached hydrogens (tertiary/aromatic N) is 1. The topological polar surface area (TPSA) is 33.7 Å². The van der Waals surface area contributed by atoms with E-state index in [0.29, 0.717) is 5.54 Å². The summed E-state index contributed by atoms with van der Waals surface area (Å²) in [5.41, 5.74) is 0.321. The SMILES string of the molecule is CCC1(CN(CCOC)CCOC)CCCN1. The average Bonchev–Trinajstić information content (AvgIpc) is 2.82. The van der Waals surface area contributed by atoms with Gasteiger partial charge in [0, 0.05) is 39.4 Å². The van der Waals surface area contributed by atoms with Gasteiger partial charge in [-0.15, -0.1) is 0 Å². The summed E-state index contributed by atoms with van der Waals surface area (Å²) in [6.45, 7) is 8.12. The zero-order valence-electron chi connectivity index (χ0n) is 11.6. The van der Waals surface area contributed by atoms with Crippen LogP contribution < -0.4 is 5.32 Å². The zero-order chi connectivity index (χ0) is 12.6. The Bertz CT molecular complexity index is 186. The monoisotopic (exact) mass is 244 g/mol. The maximum atomic E-state index is 5.18. The highest BCUT2D eigenvalue weighted by Gasteiger charge is 2.33. The van der Waals surface area contributed by atoms with Crippen molar-refractivity contribution in [2.24, 2.45) is 0 Å². The molecular weight excluding hydrogens is 216 g/mol. The molecule has 1 unspecified atom stereocenters. The molecule has 1 atom stereocenters. The predicted molar refractivity (Wildman–Crippen MR) is 70.5 cm³/mol. The maximum Gasteiger partial charge on any atom is 0.0589 e. The Morgan fingerprint density at radius 1 is 1.18 bits per heavy atom. The van der Waals surface area contributed by atoms with Crippen LogP contribution in [0.5, 0.6) is 0 Å².